The molecule has 5 heteroatoms. The molecule has 0 bridgehead atoms. The third-order valence-electron chi connectivity index (χ3n) is 5.14. The summed E-state index contributed by atoms with van der Waals surface area (Å²) in [5.41, 5.74) is 3.63. The number of halogens is 3. The van der Waals surface area contributed by atoms with Crippen LogP contribution in [0.15, 0.2) is 77.8 Å². The third kappa shape index (κ3) is 6.49. The van der Waals surface area contributed by atoms with Gasteiger partial charge in [0.2, 0.25) is 0 Å². The summed E-state index contributed by atoms with van der Waals surface area (Å²) in [5, 5.41) is 3.12. The minimum Gasteiger partial charge on any atom is -0.333 e. The van der Waals surface area contributed by atoms with Crippen molar-refractivity contribution < 1.29 is 13.2 Å². The third-order valence-corrected chi connectivity index (χ3v) is 5.14. The highest BCUT2D eigenvalue weighted by Gasteiger charge is 2.30. The Labute approximate surface area is 193 Å². The van der Waals surface area contributed by atoms with Crippen molar-refractivity contribution in [3.63, 3.8) is 0 Å². The maximum absolute atomic E-state index is 13.0. The Balaban J connectivity index is 2.09. The largest absolute Gasteiger partial charge is 0.416 e. The predicted molar refractivity (Wildman–Crippen MR) is 130 cm³/mol. The minimum atomic E-state index is -4.38. The molecule has 3 aromatic carbocycles. The number of hydrogen-bond acceptors (Lipinski definition) is 1. The molecule has 0 radical (unpaired) electrons. The summed E-state index contributed by atoms with van der Waals surface area (Å²) in [6.45, 7) is 8.43. The van der Waals surface area contributed by atoms with Crippen LogP contribution in [0.4, 0.5) is 24.5 Å². The molecule has 0 unspecified atom stereocenters. The first kappa shape index (κ1) is 24.1. The lowest BCUT2D eigenvalue weighted by Gasteiger charge is -2.17. The molecular weight excluding hydrogens is 421 g/mol. The van der Waals surface area contributed by atoms with Gasteiger partial charge in [-0.3, -0.25) is 0 Å². The molecule has 0 amide bonds. The lowest BCUT2D eigenvalue weighted by Crippen LogP contribution is -2.11. The van der Waals surface area contributed by atoms with Gasteiger partial charge >= 0.3 is 6.18 Å². The summed E-state index contributed by atoms with van der Waals surface area (Å²) >= 11 is 0. The zero-order valence-corrected chi connectivity index (χ0v) is 19.2. The Morgan fingerprint density at radius 2 is 1.36 bits per heavy atom. The van der Waals surface area contributed by atoms with Crippen LogP contribution in [0.2, 0.25) is 0 Å². The van der Waals surface area contributed by atoms with Gasteiger partial charge in [-0.2, -0.15) is 13.2 Å². The Kier molecular flexibility index (Phi) is 7.60. The Hall–Kier alpha value is -3.52. The number of aliphatic imine (C=N–C) groups is 1. The van der Waals surface area contributed by atoms with E-state index in [0.29, 0.717) is 11.5 Å². The highest BCUT2D eigenvalue weighted by atomic mass is 19.4. The fourth-order valence-electron chi connectivity index (χ4n) is 3.37. The summed E-state index contributed by atoms with van der Waals surface area (Å²) in [6, 6.07) is 20.5. The smallest absolute Gasteiger partial charge is 0.333 e. The first-order chi connectivity index (χ1) is 15.6. The van der Waals surface area contributed by atoms with Crippen LogP contribution in [0.5, 0.6) is 0 Å². The standard InChI is InChI=1S/C28H27F3N2/c1-19(2)24-11-8-12-25(20(3)4)27(24)33-26(18-13-21-9-6-5-7-10-21)32-23-16-14-22(15-17-23)28(29,30)31/h5-12,14-17,19-20H,1-4H3,(H,32,33). The van der Waals surface area contributed by atoms with E-state index in [0.717, 1.165) is 34.5 Å². The van der Waals surface area contributed by atoms with Crippen LogP contribution in [-0.4, -0.2) is 5.84 Å². The normalized spacial score (nSPS) is 12.0. The maximum Gasteiger partial charge on any atom is 0.416 e. The van der Waals surface area contributed by atoms with Crippen molar-refractivity contribution in [3.05, 3.63) is 95.1 Å². The second-order valence-electron chi connectivity index (χ2n) is 8.37. The first-order valence-corrected chi connectivity index (χ1v) is 10.9. The molecule has 0 aliphatic rings. The number of amidine groups is 1. The van der Waals surface area contributed by atoms with Crippen molar-refractivity contribution in [1.29, 1.82) is 0 Å². The average molecular weight is 449 g/mol. The van der Waals surface area contributed by atoms with Crippen molar-refractivity contribution in [2.24, 2.45) is 4.99 Å². The molecule has 0 spiro atoms. The molecular formula is C28H27F3N2. The van der Waals surface area contributed by atoms with Crippen LogP contribution in [-0.2, 0) is 6.18 Å². The quantitative estimate of drug-likeness (QED) is 0.243. The summed E-state index contributed by atoms with van der Waals surface area (Å²) in [4.78, 5) is 4.89. The van der Waals surface area contributed by atoms with Crippen molar-refractivity contribution in [3.8, 4) is 11.8 Å². The van der Waals surface area contributed by atoms with Gasteiger partial charge in [0.15, 0.2) is 5.84 Å². The van der Waals surface area contributed by atoms with Crippen molar-refractivity contribution >= 4 is 17.2 Å². The second kappa shape index (κ2) is 10.4. The maximum atomic E-state index is 13.0. The highest BCUT2D eigenvalue weighted by Crippen LogP contribution is 2.35. The van der Waals surface area contributed by atoms with E-state index in [1.54, 1.807) is 0 Å². The highest BCUT2D eigenvalue weighted by molar-refractivity contribution is 6.10. The van der Waals surface area contributed by atoms with Crippen molar-refractivity contribution in [2.45, 2.75) is 45.7 Å². The van der Waals surface area contributed by atoms with Crippen LogP contribution in [0.1, 0.15) is 61.8 Å². The Morgan fingerprint density at radius 3 is 1.88 bits per heavy atom. The molecule has 3 aromatic rings. The van der Waals surface area contributed by atoms with Gasteiger partial charge in [-0.15, -0.1) is 0 Å². The van der Waals surface area contributed by atoms with Gasteiger partial charge in [-0.1, -0.05) is 70.0 Å². The van der Waals surface area contributed by atoms with Gasteiger partial charge in [0.25, 0.3) is 0 Å². The number of anilines is 1. The van der Waals surface area contributed by atoms with E-state index in [1.807, 2.05) is 36.4 Å². The van der Waals surface area contributed by atoms with E-state index < -0.39 is 11.7 Å². The first-order valence-electron chi connectivity index (χ1n) is 10.9. The number of rotatable bonds is 4. The molecule has 0 heterocycles. The van der Waals surface area contributed by atoms with Gasteiger partial charge < -0.3 is 5.32 Å². The van der Waals surface area contributed by atoms with Gasteiger partial charge in [-0.25, -0.2) is 4.99 Å². The molecule has 0 aliphatic carbocycles. The topological polar surface area (TPSA) is 24.4 Å². The molecule has 0 saturated heterocycles. The van der Waals surface area contributed by atoms with Crippen LogP contribution < -0.4 is 5.32 Å². The molecule has 170 valence electrons. The van der Waals surface area contributed by atoms with Crippen LogP contribution in [0.3, 0.4) is 0 Å². The summed E-state index contributed by atoms with van der Waals surface area (Å²) in [6.07, 6.45) is -4.38. The van der Waals surface area contributed by atoms with E-state index in [1.165, 1.54) is 12.1 Å². The number of benzene rings is 3. The van der Waals surface area contributed by atoms with E-state index in [4.69, 9.17) is 4.99 Å². The molecule has 0 aromatic heterocycles. The molecule has 3 rings (SSSR count). The number of alkyl halides is 3. The zero-order valence-electron chi connectivity index (χ0n) is 19.2. The number of nitrogens with one attached hydrogen (secondary N) is 1. The zero-order chi connectivity index (χ0) is 24.0. The number of nitrogens with zero attached hydrogens (tertiary/aromatic N) is 1. The molecule has 0 aliphatic heterocycles. The number of para-hydroxylation sites is 1. The molecule has 0 atom stereocenters. The molecule has 1 N–H and O–H groups in total. The van der Waals surface area contributed by atoms with Gasteiger partial charge in [0, 0.05) is 11.3 Å². The fourth-order valence-corrected chi connectivity index (χ4v) is 3.37. The van der Waals surface area contributed by atoms with E-state index in [2.05, 4.69) is 57.0 Å². The van der Waals surface area contributed by atoms with Crippen molar-refractivity contribution in [2.75, 3.05) is 5.32 Å². The average Bonchev–Trinajstić information content (AvgIpc) is 2.77. The molecule has 0 saturated carbocycles. The SMILES string of the molecule is CC(C)c1cccc(C(C)C)c1N=C(C#Cc1ccccc1)Nc1ccc(C(F)(F)F)cc1. The predicted octanol–water partition coefficient (Wildman–Crippen LogP) is 8.15. The van der Waals surface area contributed by atoms with Gasteiger partial charge in [-0.05, 0) is 65.3 Å². The fraction of sp³-hybridized carbons (Fsp3) is 0.250. The van der Waals surface area contributed by atoms with Crippen molar-refractivity contribution in [1.82, 2.24) is 0 Å². The minimum absolute atomic E-state index is 0.247. The number of hydrogen-bond donors (Lipinski definition) is 1. The van der Waals surface area contributed by atoms with E-state index in [-0.39, 0.29) is 11.8 Å². The molecule has 33 heavy (non-hydrogen) atoms. The van der Waals surface area contributed by atoms with E-state index in [9.17, 15) is 13.2 Å². The second-order valence-corrected chi connectivity index (χ2v) is 8.37. The molecule has 2 nitrogen and oxygen atoms in total. The Morgan fingerprint density at radius 1 is 0.788 bits per heavy atom. The van der Waals surface area contributed by atoms with Crippen LogP contribution in [0, 0.1) is 11.8 Å². The van der Waals surface area contributed by atoms with Crippen LogP contribution >= 0.6 is 0 Å². The lowest BCUT2D eigenvalue weighted by atomic mass is 9.93. The summed E-state index contributed by atoms with van der Waals surface area (Å²) in [7, 11) is 0. The molecule has 0 fully saturated rings. The van der Waals surface area contributed by atoms with Crippen LogP contribution in [0.25, 0.3) is 0 Å². The van der Waals surface area contributed by atoms with Gasteiger partial charge in [0.05, 0.1) is 11.3 Å². The lowest BCUT2D eigenvalue weighted by molar-refractivity contribution is -0.137. The monoisotopic (exact) mass is 448 g/mol. The Bertz CT molecular complexity index is 1140. The summed E-state index contributed by atoms with van der Waals surface area (Å²) in [5.74, 6) is 7.04. The summed E-state index contributed by atoms with van der Waals surface area (Å²) < 4.78 is 38.9. The van der Waals surface area contributed by atoms with Gasteiger partial charge in [0.1, 0.15) is 0 Å². The van der Waals surface area contributed by atoms with E-state index >= 15 is 0 Å².